The zero-order chi connectivity index (χ0) is 21.2. The topological polar surface area (TPSA) is 17.8 Å². The summed E-state index contributed by atoms with van der Waals surface area (Å²) in [5.74, 6) is 1.53. The Hall–Kier alpha value is -2.75. The molecule has 0 aliphatic heterocycles. The maximum Gasteiger partial charge on any atom is 0.103 e. The molecule has 0 bridgehead atoms. The first-order valence-electron chi connectivity index (χ1n) is 9.60. The van der Waals surface area contributed by atoms with E-state index in [-0.39, 0.29) is 0 Å². The minimum Gasteiger partial charge on any atom is -0.337 e. The van der Waals surface area contributed by atoms with Crippen molar-refractivity contribution in [3.05, 3.63) is 130 Å². The van der Waals surface area contributed by atoms with Crippen molar-refractivity contribution in [3.63, 3.8) is 0 Å². The Morgan fingerprint density at radius 3 is 1.90 bits per heavy atom. The molecule has 3 aromatic carbocycles. The lowest BCUT2D eigenvalue weighted by molar-refractivity contribution is 0.696. The number of hydrogen-bond donors (Lipinski definition) is 0. The van der Waals surface area contributed by atoms with Gasteiger partial charge in [-0.15, -0.1) is 5.98 Å². The predicted octanol–water partition coefficient (Wildman–Crippen LogP) is 6.68. The molecule has 0 saturated heterocycles. The van der Waals surface area contributed by atoms with Crippen LogP contribution in [0.4, 0.5) is 0 Å². The summed E-state index contributed by atoms with van der Waals surface area (Å²) in [5, 5.41) is 1.31. The van der Waals surface area contributed by atoms with Gasteiger partial charge in [0.2, 0.25) is 0 Å². The second-order valence-corrected chi connectivity index (χ2v) is 7.39. The van der Waals surface area contributed by atoms with Crippen LogP contribution in [0.5, 0.6) is 0 Å². The molecule has 4 rings (SSSR count). The van der Waals surface area contributed by atoms with Gasteiger partial charge < -0.3 is 4.57 Å². The van der Waals surface area contributed by atoms with Crippen molar-refractivity contribution in [1.82, 2.24) is 9.55 Å². The molecule has 1 heterocycles. The summed E-state index contributed by atoms with van der Waals surface area (Å²) < 4.78 is 2.09. The Bertz CT molecular complexity index is 1030. The maximum absolute atomic E-state index is 6.16. The number of halogens is 2. The lowest BCUT2D eigenvalue weighted by Gasteiger charge is -2.11. The first kappa shape index (κ1) is 22.0. The van der Waals surface area contributed by atoms with Gasteiger partial charge in [0.05, 0.1) is 6.33 Å². The molecule has 0 saturated carbocycles. The maximum atomic E-state index is 6.16. The third kappa shape index (κ3) is 6.12. The van der Waals surface area contributed by atoms with E-state index < -0.39 is 0 Å². The highest BCUT2D eigenvalue weighted by molar-refractivity contribution is 6.35. The average Bonchev–Trinajstić information content (AvgIpc) is 3.30. The second-order valence-electron chi connectivity index (χ2n) is 6.58. The summed E-state index contributed by atoms with van der Waals surface area (Å²) in [7, 11) is 5.70. The molecule has 0 fully saturated rings. The van der Waals surface area contributed by atoms with Crippen molar-refractivity contribution in [2.24, 2.45) is 0 Å². The molecular formula is C25H21BCl2N2. The van der Waals surface area contributed by atoms with E-state index in [2.05, 4.69) is 33.8 Å². The number of aryl methyl sites for hydroxylation is 2. The highest BCUT2D eigenvalue weighted by Gasteiger charge is 2.09. The van der Waals surface area contributed by atoms with E-state index in [9.17, 15) is 0 Å². The first-order chi connectivity index (χ1) is 14.7. The van der Waals surface area contributed by atoms with Gasteiger partial charge in [0, 0.05) is 29.0 Å². The number of hydrogen-bond acceptors (Lipinski definition) is 1. The number of imidazole rings is 1. The molecule has 0 amide bonds. The van der Waals surface area contributed by atoms with Crippen molar-refractivity contribution in [2.75, 3.05) is 0 Å². The average molecular weight is 431 g/mol. The molecule has 0 N–H and O–H groups in total. The van der Waals surface area contributed by atoms with Gasteiger partial charge in [0.25, 0.3) is 0 Å². The molecule has 0 spiro atoms. The minimum atomic E-state index is 0.657. The lowest BCUT2D eigenvalue weighted by atomic mass is 9.92. The molecule has 0 unspecified atom stereocenters. The molecule has 1 aromatic heterocycles. The van der Waals surface area contributed by atoms with Crippen molar-refractivity contribution in [1.29, 1.82) is 0 Å². The third-order valence-electron chi connectivity index (χ3n) is 4.56. The van der Waals surface area contributed by atoms with Crippen molar-refractivity contribution >= 4 is 36.6 Å². The summed E-state index contributed by atoms with van der Waals surface area (Å²) >= 11 is 12.3. The fourth-order valence-corrected chi connectivity index (χ4v) is 3.48. The van der Waals surface area contributed by atoms with E-state index in [0.717, 1.165) is 29.7 Å². The molecule has 148 valence electrons. The van der Waals surface area contributed by atoms with Gasteiger partial charge in [-0.3, -0.25) is 0 Å². The van der Waals surface area contributed by atoms with Gasteiger partial charge in [-0.1, -0.05) is 89.9 Å². The standard InChI is InChI=1S/C14H9BCl2.C11H12N2/c15-9-12(10-5-1-3-7-13(10)16)11-6-2-4-8-14(11)17;1-2-4-11(5-3-1)6-8-13-9-7-12-10-13/h1-9H;1-5,7,9-10H,6,8H2. The number of nitrogens with zero attached hydrogens (tertiary/aromatic N) is 2. The Balaban J connectivity index is 0.000000177. The zero-order valence-electron chi connectivity index (χ0n) is 16.5. The van der Waals surface area contributed by atoms with Gasteiger partial charge in [0.15, 0.2) is 0 Å². The molecule has 0 atom stereocenters. The fourth-order valence-electron chi connectivity index (χ4n) is 3.01. The lowest BCUT2D eigenvalue weighted by Crippen LogP contribution is -1.97. The van der Waals surface area contributed by atoms with Crippen LogP contribution in [0.15, 0.2) is 104 Å². The summed E-state index contributed by atoms with van der Waals surface area (Å²) in [6.07, 6.45) is 6.72. The van der Waals surface area contributed by atoms with Gasteiger partial charge in [-0.25, -0.2) is 4.98 Å². The quantitative estimate of drug-likeness (QED) is 0.323. The van der Waals surface area contributed by atoms with Crippen LogP contribution in [0, 0.1) is 0 Å². The van der Waals surface area contributed by atoms with Crippen LogP contribution < -0.4 is 0 Å². The molecule has 2 nitrogen and oxygen atoms in total. The molecule has 0 aliphatic rings. The van der Waals surface area contributed by atoms with E-state index in [1.807, 2.05) is 73.3 Å². The fraction of sp³-hybridized carbons (Fsp3) is 0.0800. The Labute approximate surface area is 189 Å². The van der Waals surface area contributed by atoms with Crippen molar-refractivity contribution in [3.8, 4) is 0 Å². The summed E-state index contributed by atoms with van der Waals surface area (Å²) in [6, 6.07) is 25.6. The highest BCUT2D eigenvalue weighted by atomic mass is 35.5. The normalized spacial score (nSPS) is 10.1. The molecule has 0 aliphatic carbocycles. The third-order valence-corrected chi connectivity index (χ3v) is 5.21. The van der Waals surface area contributed by atoms with Crippen LogP contribution >= 0.6 is 23.2 Å². The van der Waals surface area contributed by atoms with Gasteiger partial charge in [-0.05, 0) is 40.8 Å². The van der Waals surface area contributed by atoms with E-state index in [4.69, 9.17) is 31.0 Å². The van der Waals surface area contributed by atoms with Crippen molar-refractivity contribution < 1.29 is 0 Å². The van der Waals surface area contributed by atoms with Crippen molar-refractivity contribution in [2.45, 2.75) is 13.0 Å². The molecular weight excluding hydrogens is 410 g/mol. The van der Waals surface area contributed by atoms with Crippen LogP contribution in [0.1, 0.15) is 16.7 Å². The van der Waals surface area contributed by atoms with E-state index in [0.29, 0.717) is 10.0 Å². The van der Waals surface area contributed by atoms with Gasteiger partial charge in [-0.2, -0.15) is 0 Å². The molecule has 5 heteroatoms. The van der Waals surface area contributed by atoms with Crippen LogP contribution in [0.3, 0.4) is 0 Å². The molecule has 30 heavy (non-hydrogen) atoms. The number of rotatable bonds is 5. The Kier molecular flexibility index (Phi) is 8.37. The van der Waals surface area contributed by atoms with Gasteiger partial charge in [0.1, 0.15) is 7.85 Å². The van der Waals surface area contributed by atoms with Crippen LogP contribution in [-0.2, 0) is 13.0 Å². The molecule has 4 aromatic rings. The van der Waals surface area contributed by atoms with E-state index in [1.165, 1.54) is 11.5 Å². The number of aromatic nitrogens is 2. The monoisotopic (exact) mass is 430 g/mol. The van der Waals surface area contributed by atoms with Crippen LogP contribution in [-0.4, -0.2) is 17.4 Å². The second kappa shape index (κ2) is 11.4. The van der Waals surface area contributed by atoms with Crippen LogP contribution in [0.2, 0.25) is 10.0 Å². The SMILES string of the molecule is [B]C=C(c1ccccc1Cl)c1ccccc1Cl.c1ccc(CCn2ccnc2)cc1. The largest absolute Gasteiger partial charge is 0.337 e. The molecule has 2 radical (unpaired) electrons. The Morgan fingerprint density at radius 1 is 0.833 bits per heavy atom. The number of benzene rings is 3. The van der Waals surface area contributed by atoms with E-state index in [1.54, 1.807) is 0 Å². The first-order valence-corrected chi connectivity index (χ1v) is 10.4. The smallest absolute Gasteiger partial charge is 0.103 e. The highest BCUT2D eigenvalue weighted by Crippen LogP contribution is 2.32. The summed E-state index contributed by atoms with van der Waals surface area (Å²) in [6.45, 7) is 1.00. The Morgan fingerprint density at radius 2 is 1.40 bits per heavy atom. The summed E-state index contributed by atoms with van der Waals surface area (Å²) in [5.41, 5.74) is 3.96. The summed E-state index contributed by atoms with van der Waals surface area (Å²) in [4.78, 5) is 4.00. The van der Waals surface area contributed by atoms with E-state index >= 15 is 0 Å². The zero-order valence-corrected chi connectivity index (χ0v) is 18.0. The van der Waals surface area contributed by atoms with Crippen LogP contribution in [0.25, 0.3) is 5.57 Å². The predicted molar refractivity (Wildman–Crippen MR) is 128 cm³/mol. The minimum absolute atomic E-state index is 0.657. The van der Waals surface area contributed by atoms with Gasteiger partial charge >= 0.3 is 0 Å².